The van der Waals surface area contributed by atoms with Crippen LogP contribution in [0.3, 0.4) is 0 Å². The Kier molecular flexibility index (Phi) is 6.16. The molecular formula is C25H30N8O. The monoisotopic (exact) mass is 458 g/mol. The number of para-hydroxylation sites is 2. The first kappa shape index (κ1) is 21.9. The van der Waals surface area contributed by atoms with Gasteiger partial charge in [-0.2, -0.15) is 15.0 Å². The van der Waals surface area contributed by atoms with E-state index in [1.807, 2.05) is 12.1 Å². The number of fused-ring (bicyclic) bond motifs is 1. The van der Waals surface area contributed by atoms with Gasteiger partial charge in [0.2, 0.25) is 17.8 Å². The summed E-state index contributed by atoms with van der Waals surface area (Å²) in [4.78, 5) is 25.5. The number of amides is 1. The highest BCUT2D eigenvalue weighted by atomic mass is 16.1. The number of nitrogens with zero attached hydrogens (tertiary/aromatic N) is 3. The number of hydrogen-bond acceptors (Lipinski definition) is 8. The molecule has 2 atom stereocenters. The average molecular weight is 459 g/mol. The summed E-state index contributed by atoms with van der Waals surface area (Å²) in [6.45, 7) is 0. The van der Waals surface area contributed by atoms with Gasteiger partial charge in [0.25, 0.3) is 5.91 Å². The number of carbonyl (C=O) groups excluding carboxylic acids is 1. The molecule has 1 heterocycles. The molecule has 2 unspecified atom stereocenters. The van der Waals surface area contributed by atoms with E-state index < -0.39 is 0 Å². The van der Waals surface area contributed by atoms with Crippen LogP contribution >= 0.6 is 0 Å². The zero-order valence-electron chi connectivity index (χ0n) is 19.0. The number of nitrogen functional groups attached to an aromatic ring is 2. The Hall–Kier alpha value is -3.88. The summed E-state index contributed by atoms with van der Waals surface area (Å²) in [6.07, 6.45) is 7.70. The van der Waals surface area contributed by atoms with Crippen molar-refractivity contribution in [1.29, 1.82) is 0 Å². The number of rotatable bonds is 6. The van der Waals surface area contributed by atoms with Gasteiger partial charge in [-0.1, -0.05) is 37.8 Å². The van der Waals surface area contributed by atoms with Crippen LogP contribution in [0.15, 0.2) is 48.5 Å². The van der Waals surface area contributed by atoms with E-state index in [1.165, 1.54) is 25.7 Å². The number of aromatic nitrogens is 3. The molecule has 2 aliphatic rings. The molecule has 1 amide bonds. The van der Waals surface area contributed by atoms with Crippen molar-refractivity contribution in [3.05, 3.63) is 54.1 Å². The molecule has 5 rings (SSSR count). The largest absolute Gasteiger partial charge is 0.397 e. The molecule has 0 spiro atoms. The lowest BCUT2D eigenvalue weighted by molar-refractivity contribution is 0.102. The zero-order valence-corrected chi connectivity index (χ0v) is 19.0. The number of anilines is 6. The fraction of sp³-hybridized carbons (Fsp3) is 0.360. The second-order valence-corrected chi connectivity index (χ2v) is 9.20. The first-order valence-corrected chi connectivity index (χ1v) is 11.8. The van der Waals surface area contributed by atoms with Gasteiger partial charge in [-0.25, -0.2) is 0 Å². The van der Waals surface area contributed by atoms with Crippen LogP contribution < -0.4 is 27.4 Å². The molecule has 0 radical (unpaired) electrons. The van der Waals surface area contributed by atoms with E-state index in [0.717, 1.165) is 30.4 Å². The molecule has 34 heavy (non-hydrogen) atoms. The van der Waals surface area contributed by atoms with E-state index in [-0.39, 0.29) is 11.9 Å². The maximum Gasteiger partial charge on any atom is 0.255 e. The molecule has 9 heteroatoms. The molecule has 0 bridgehead atoms. The summed E-state index contributed by atoms with van der Waals surface area (Å²) in [5, 5.41) is 9.44. The minimum atomic E-state index is -0.238. The molecule has 0 aliphatic heterocycles. The molecular weight excluding hydrogens is 428 g/mol. The van der Waals surface area contributed by atoms with E-state index in [0.29, 0.717) is 34.9 Å². The normalized spacial score (nSPS) is 21.5. The molecule has 2 aliphatic carbocycles. The Morgan fingerprint density at radius 2 is 1.53 bits per heavy atom. The van der Waals surface area contributed by atoms with Crippen molar-refractivity contribution in [1.82, 2.24) is 15.0 Å². The second-order valence-electron chi connectivity index (χ2n) is 9.20. The van der Waals surface area contributed by atoms with Crippen LogP contribution in [0.5, 0.6) is 0 Å². The summed E-state index contributed by atoms with van der Waals surface area (Å²) in [5.74, 6) is 2.41. The third-order valence-corrected chi connectivity index (χ3v) is 6.84. The second kappa shape index (κ2) is 9.54. The SMILES string of the molecule is Nc1nc(Nc2ccc(C(=O)Nc3ccccc3N)cc2)nc(NC2CC3CCCCC3C2)n1. The van der Waals surface area contributed by atoms with Crippen LogP contribution in [0.4, 0.5) is 34.9 Å². The minimum Gasteiger partial charge on any atom is -0.397 e. The molecule has 2 fully saturated rings. The maximum absolute atomic E-state index is 12.5. The van der Waals surface area contributed by atoms with Crippen LogP contribution in [-0.4, -0.2) is 26.9 Å². The minimum absolute atomic E-state index is 0.159. The van der Waals surface area contributed by atoms with Gasteiger partial charge in [-0.3, -0.25) is 4.79 Å². The van der Waals surface area contributed by atoms with E-state index in [2.05, 4.69) is 30.9 Å². The number of benzene rings is 2. The van der Waals surface area contributed by atoms with Gasteiger partial charge in [-0.05, 0) is 61.1 Å². The number of nitrogens with two attached hydrogens (primary N) is 2. The highest BCUT2D eigenvalue weighted by Crippen LogP contribution is 2.42. The van der Waals surface area contributed by atoms with Crippen LogP contribution in [0.25, 0.3) is 0 Å². The van der Waals surface area contributed by atoms with Crippen LogP contribution in [-0.2, 0) is 0 Å². The molecule has 2 saturated carbocycles. The summed E-state index contributed by atoms with van der Waals surface area (Å²) in [7, 11) is 0. The summed E-state index contributed by atoms with van der Waals surface area (Å²) in [5.41, 5.74) is 14.2. The summed E-state index contributed by atoms with van der Waals surface area (Å²) < 4.78 is 0. The Balaban J connectivity index is 1.22. The van der Waals surface area contributed by atoms with Crippen molar-refractivity contribution in [2.24, 2.45) is 11.8 Å². The zero-order chi connectivity index (χ0) is 23.5. The highest BCUT2D eigenvalue weighted by molar-refractivity contribution is 6.05. The van der Waals surface area contributed by atoms with Crippen LogP contribution in [0, 0.1) is 11.8 Å². The van der Waals surface area contributed by atoms with Crippen molar-refractivity contribution in [2.45, 2.75) is 44.6 Å². The lowest BCUT2D eigenvalue weighted by Gasteiger charge is -2.23. The van der Waals surface area contributed by atoms with E-state index >= 15 is 0 Å². The van der Waals surface area contributed by atoms with Gasteiger partial charge >= 0.3 is 0 Å². The Bertz CT molecular complexity index is 1150. The Labute approximate surface area is 198 Å². The third-order valence-electron chi connectivity index (χ3n) is 6.84. The number of nitrogens with one attached hydrogen (secondary N) is 3. The lowest BCUT2D eigenvalue weighted by atomic mass is 9.82. The van der Waals surface area contributed by atoms with Gasteiger partial charge in [-0.15, -0.1) is 0 Å². The molecule has 1 aromatic heterocycles. The van der Waals surface area contributed by atoms with Gasteiger partial charge in [0, 0.05) is 17.3 Å². The third kappa shape index (κ3) is 5.03. The van der Waals surface area contributed by atoms with Gasteiger partial charge in [0.05, 0.1) is 11.4 Å². The topological polar surface area (TPSA) is 144 Å². The van der Waals surface area contributed by atoms with Crippen molar-refractivity contribution in [3.63, 3.8) is 0 Å². The molecule has 7 N–H and O–H groups in total. The Morgan fingerprint density at radius 3 is 2.24 bits per heavy atom. The van der Waals surface area contributed by atoms with E-state index in [1.54, 1.807) is 36.4 Å². The smallest absolute Gasteiger partial charge is 0.255 e. The number of carbonyl (C=O) groups is 1. The number of hydrogen-bond donors (Lipinski definition) is 5. The summed E-state index contributed by atoms with van der Waals surface area (Å²) in [6, 6.07) is 14.5. The van der Waals surface area contributed by atoms with Crippen LogP contribution in [0.2, 0.25) is 0 Å². The first-order chi connectivity index (χ1) is 16.5. The van der Waals surface area contributed by atoms with Crippen molar-refractivity contribution >= 4 is 40.8 Å². The predicted octanol–water partition coefficient (Wildman–Crippen LogP) is 4.41. The van der Waals surface area contributed by atoms with E-state index in [4.69, 9.17) is 11.5 Å². The summed E-state index contributed by atoms with van der Waals surface area (Å²) >= 11 is 0. The lowest BCUT2D eigenvalue weighted by Crippen LogP contribution is -2.19. The standard InChI is InChI=1S/C25H30N8O/c26-20-7-3-4-8-21(20)30-22(34)15-9-11-18(12-10-15)28-24-31-23(27)32-25(33-24)29-19-13-16-5-1-2-6-17(16)14-19/h3-4,7-12,16-17,19H,1-2,5-6,13-14,26H2,(H,30,34)(H4,27,28,29,31,32,33). The highest BCUT2D eigenvalue weighted by Gasteiger charge is 2.35. The fourth-order valence-electron chi connectivity index (χ4n) is 5.18. The van der Waals surface area contributed by atoms with Crippen LogP contribution in [0.1, 0.15) is 48.9 Å². The van der Waals surface area contributed by atoms with E-state index in [9.17, 15) is 4.79 Å². The van der Waals surface area contributed by atoms with Crippen molar-refractivity contribution in [2.75, 3.05) is 27.4 Å². The van der Waals surface area contributed by atoms with Gasteiger partial charge < -0.3 is 27.4 Å². The van der Waals surface area contributed by atoms with Crippen molar-refractivity contribution in [3.8, 4) is 0 Å². The average Bonchev–Trinajstić information content (AvgIpc) is 3.23. The quantitative estimate of drug-likeness (QED) is 0.342. The van der Waals surface area contributed by atoms with Crippen molar-refractivity contribution < 1.29 is 4.79 Å². The molecule has 0 saturated heterocycles. The Morgan fingerprint density at radius 1 is 0.853 bits per heavy atom. The molecule has 176 valence electrons. The fourth-order valence-corrected chi connectivity index (χ4v) is 5.18. The first-order valence-electron chi connectivity index (χ1n) is 11.8. The molecule has 3 aromatic rings. The van der Waals surface area contributed by atoms with Gasteiger partial charge in [0.1, 0.15) is 0 Å². The molecule has 9 nitrogen and oxygen atoms in total. The van der Waals surface area contributed by atoms with Gasteiger partial charge in [0.15, 0.2) is 0 Å². The maximum atomic E-state index is 12.5. The molecule has 2 aromatic carbocycles. The predicted molar refractivity (Wildman–Crippen MR) is 135 cm³/mol.